The third-order valence-electron chi connectivity index (χ3n) is 3.28. The van der Waals surface area contributed by atoms with Gasteiger partial charge in [0.2, 0.25) is 5.67 Å². The van der Waals surface area contributed by atoms with Crippen molar-refractivity contribution in [1.29, 1.82) is 0 Å². The summed E-state index contributed by atoms with van der Waals surface area (Å²) in [7, 11) is 1.45. The zero-order valence-electron chi connectivity index (χ0n) is 10.1. The van der Waals surface area contributed by atoms with Gasteiger partial charge in [0.1, 0.15) is 5.58 Å². The second-order valence-corrected chi connectivity index (χ2v) is 4.25. The maximum absolute atomic E-state index is 14.6. The Morgan fingerprint density at radius 3 is 2.61 bits per heavy atom. The highest BCUT2D eigenvalue weighted by Crippen LogP contribution is 2.37. The van der Waals surface area contributed by atoms with Crippen LogP contribution < -0.4 is 5.32 Å². The average molecular weight is 257 g/mol. The molecule has 0 aliphatic carbocycles. The number of fused-ring (bicyclic) bond motifs is 1. The minimum Gasteiger partial charge on any atom is -0.464 e. The summed E-state index contributed by atoms with van der Waals surface area (Å²) in [6.07, 6.45) is -1.68. The van der Waals surface area contributed by atoms with E-state index in [1.165, 1.54) is 32.4 Å². The standard InChI is InChI=1S/C13H14F3NO/c1-8(17-2)13(16,12(14)15)10-4-3-9-5-6-18-11(9)7-10/h3-8,12,17H,1-2H3. The van der Waals surface area contributed by atoms with Gasteiger partial charge in [0.15, 0.2) is 0 Å². The molecular formula is C13H14F3NO. The fourth-order valence-electron chi connectivity index (χ4n) is 1.97. The van der Waals surface area contributed by atoms with Gasteiger partial charge in [-0.1, -0.05) is 12.1 Å². The Bertz CT molecular complexity index is 540. The van der Waals surface area contributed by atoms with Crippen molar-refractivity contribution in [3.8, 4) is 0 Å². The molecule has 2 aromatic rings. The molecule has 1 aromatic carbocycles. The van der Waals surface area contributed by atoms with Crippen LogP contribution in [-0.4, -0.2) is 19.5 Å². The zero-order chi connectivity index (χ0) is 13.3. The summed E-state index contributed by atoms with van der Waals surface area (Å²) in [5.74, 6) is 0. The summed E-state index contributed by atoms with van der Waals surface area (Å²) in [6.45, 7) is 1.39. The Hall–Kier alpha value is -1.49. The number of hydrogen-bond donors (Lipinski definition) is 1. The van der Waals surface area contributed by atoms with E-state index in [2.05, 4.69) is 5.32 Å². The lowest BCUT2D eigenvalue weighted by Crippen LogP contribution is -2.47. The maximum atomic E-state index is 14.6. The number of alkyl halides is 3. The summed E-state index contributed by atoms with van der Waals surface area (Å²) in [6, 6.07) is 4.97. The molecular weight excluding hydrogens is 243 g/mol. The molecule has 0 amide bonds. The fourth-order valence-corrected chi connectivity index (χ4v) is 1.97. The van der Waals surface area contributed by atoms with Crippen LogP contribution in [0, 0.1) is 0 Å². The van der Waals surface area contributed by atoms with E-state index in [-0.39, 0.29) is 5.56 Å². The van der Waals surface area contributed by atoms with Crippen molar-refractivity contribution in [2.45, 2.75) is 25.1 Å². The Balaban J connectivity index is 2.53. The van der Waals surface area contributed by atoms with E-state index in [0.29, 0.717) is 5.58 Å². The normalized spacial score (nSPS) is 17.0. The first-order chi connectivity index (χ1) is 8.50. The molecule has 98 valence electrons. The van der Waals surface area contributed by atoms with Crippen LogP contribution in [0.1, 0.15) is 12.5 Å². The molecule has 1 aromatic heterocycles. The molecule has 0 radical (unpaired) electrons. The van der Waals surface area contributed by atoms with Gasteiger partial charge in [-0.3, -0.25) is 0 Å². The third-order valence-corrected chi connectivity index (χ3v) is 3.28. The molecule has 2 rings (SSSR count). The monoisotopic (exact) mass is 257 g/mol. The van der Waals surface area contributed by atoms with Gasteiger partial charge in [-0.05, 0) is 26.1 Å². The second-order valence-electron chi connectivity index (χ2n) is 4.25. The van der Waals surface area contributed by atoms with Gasteiger partial charge in [0.05, 0.1) is 6.26 Å². The molecule has 2 atom stereocenters. The molecule has 0 bridgehead atoms. The Kier molecular flexibility index (Phi) is 3.34. The molecule has 0 aliphatic rings. The first kappa shape index (κ1) is 13.0. The SMILES string of the molecule is CNC(C)C(F)(c1ccc2ccoc2c1)C(F)F. The molecule has 0 saturated heterocycles. The Morgan fingerprint density at radius 1 is 1.28 bits per heavy atom. The lowest BCUT2D eigenvalue weighted by molar-refractivity contribution is -0.0588. The van der Waals surface area contributed by atoms with Crippen LogP contribution in [0.5, 0.6) is 0 Å². The zero-order valence-corrected chi connectivity index (χ0v) is 10.1. The van der Waals surface area contributed by atoms with Crippen LogP contribution in [-0.2, 0) is 5.67 Å². The number of furan rings is 1. The van der Waals surface area contributed by atoms with E-state index in [9.17, 15) is 13.2 Å². The molecule has 0 saturated carbocycles. The minimum atomic E-state index is -3.12. The van der Waals surface area contributed by atoms with Gasteiger partial charge >= 0.3 is 0 Å². The van der Waals surface area contributed by atoms with Crippen LogP contribution in [0.4, 0.5) is 13.2 Å². The Morgan fingerprint density at radius 2 is 2.00 bits per heavy atom. The molecule has 0 fully saturated rings. The highest BCUT2D eigenvalue weighted by atomic mass is 19.3. The molecule has 0 aliphatic heterocycles. The predicted octanol–water partition coefficient (Wildman–Crippen LogP) is 3.47. The van der Waals surface area contributed by atoms with Crippen molar-refractivity contribution in [2.75, 3.05) is 7.05 Å². The predicted molar refractivity (Wildman–Crippen MR) is 63.5 cm³/mol. The van der Waals surface area contributed by atoms with Gasteiger partial charge < -0.3 is 9.73 Å². The molecule has 1 heterocycles. The molecule has 2 nitrogen and oxygen atoms in total. The molecule has 5 heteroatoms. The minimum absolute atomic E-state index is 0.0817. The summed E-state index contributed by atoms with van der Waals surface area (Å²) < 4.78 is 45.9. The van der Waals surface area contributed by atoms with E-state index in [4.69, 9.17) is 4.42 Å². The third kappa shape index (κ3) is 1.88. The van der Waals surface area contributed by atoms with Gasteiger partial charge in [-0.2, -0.15) is 0 Å². The maximum Gasteiger partial charge on any atom is 0.277 e. The van der Waals surface area contributed by atoms with Gasteiger partial charge in [0.25, 0.3) is 6.43 Å². The van der Waals surface area contributed by atoms with Crippen molar-refractivity contribution in [3.63, 3.8) is 0 Å². The van der Waals surface area contributed by atoms with Crippen LogP contribution >= 0.6 is 0 Å². The second kappa shape index (κ2) is 4.65. The number of rotatable bonds is 4. The van der Waals surface area contributed by atoms with Crippen molar-refractivity contribution in [2.24, 2.45) is 0 Å². The average Bonchev–Trinajstić information content (AvgIpc) is 2.83. The summed E-state index contributed by atoms with van der Waals surface area (Å²) in [4.78, 5) is 0. The van der Waals surface area contributed by atoms with E-state index < -0.39 is 18.1 Å². The molecule has 1 N–H and O–H groups in total. The highest BCUT2D eigenvalue weighted by molar-refractivity contribution is 5.77. The van der Waals surface area contributed by atoms with Crippen LogP contribution in [0.3, 0.4) is 0 Å². The van der Waals surface area contributed by atoms with Crippen molar-refractivity contribution >= 4 is 11.0 Å². The summed E-state index contributed by atoms with van der Waals surface area (Å²) in [5.41, 5.74) is -2.42. The molecule has 2 unspecified atom stereocenters. The van der Waals surface area contributed by atoms with E-state index >= 15 is 0 Å². The van der Waals surface area contributed by atoms with Crippen molar-refractivity contribution in [3.05, 3.63) is 36.1 Å². The first-order valence-corrected chi connectivity index (χ1v) is 5.62. The van der Waals surface area contributed by atoms with Gasteiger partial charge in [-0.25, -0.2) is 13.2 Å². The van der Waals surface area contributed by atoms with E-state index in [1.807, 2.05) is 0 Å². The van der Waals surface area contributed by atoms with Crippen molar-refractivity contribution < 1.29 is 17.6 Å². The number of halogens is 3. The summed E-state index contributed by atoms with van der Waals surface area (Å²) in [5, 5.41) is 3.30. The molecule has 18 heavy (non-hydrogen) atoms. The van der Waals surface area contributed by atoms with Gasteiger partial charge in [0, 0.05) is 17.0 Å². The van der Waals surface area contributed by atoms with Crippen LogP contribution in [0.2, 0.25) is 0 Å². The van der Waals surface area contributed by atoms with Gasteiger partial charge in [-0.15, -0.1) is 0 Å². The lowest BCUT2D eigenvalue weighted by atomic mass is 9.89. The topological polar surface area (TPSA) is 25.2 Å². The Labute approximate surface area is 103 Å². The lowest BCUT2D eigenvalue weighted by Gasteiger charge is -2.30. The number of likely N-dealkylation sites (N-methyl/N-ethyl adjacent to an activating group) is 1. The van der Waals surface area contributed by atoms with Crippen LogP contribution in [0.25, 0.3) is 11.0 Å². The van der Waals surface area contributed by atoms with Crippen LogP contribution in [0.15, 0.2) is 34.9 Å². The largest absolute Gasteiger partial charge is 0.464 e. The number of benzene rings is 1. The van der Waals surface area contributed by atoms with Crippen molar-refractivity contribution in [1.82, 2.24) is 5.32 Å². The van der Waals surface area contributed by atoms with E-state index in [0.717, 1.165) is 5.39 Å². The number of nitrogens with one attached hydrogen (secondary N) is 1. The quantitative estimate of drug-likeness (QED) is 0.907. The fraction of sp³-hybridized carbons (Fsp3) is 0.385. The highest BCUT2D eigenvalue weighted by Gasteiger charge is 2.47. The first-order valence-electron chi connectivity index (χ1n) is 5.62. The smallest absolute Gasteiger partial charge is 0.277 e. The summed E-state index contributed by atoms with van der Waals surface area (Å²) >= 11 is 0. The molecule has 0 spiro atoms. The number of hydrogen-bond acceptors (Lipinski definition) is 2. The van der Waals surface area contributed by atoms with E-state index in [1.54, 1.807) is 12.1 Å².